The van der Waals surface area contributed by atoms with Gasteiger partial charge >= 0.3 is 26.7 Å². The number of unbranched alkanes of at least 4 members (excludes halogenated alkanes) is 12. The monoisotopic (exact) mass is 927 g/mol. The quantitative estimate of drug-likeness (QED) is 0.0222. The van der Waals surface area contributed by atoms with Gasteiger partial charge in [0.1, 0.15) is 0 Å². The van der Waals surface area contributed by atoms with Gasteiger partial charge in [0.2, 0.25) is 0 Å². The van der Waals surface area contributed by atoms with Crippen molar-refractivity contribution < 1.29 is 66.0 Å². The number of ether oxygens (including phenoxy) is 2. The number of ketones is 2. The zero-order chi connectivity index (χ0) is 45.6. The molecule has 0 saturated carbocycles. The first kappa shape index (κ1) is 56.2. The van der Waals surface area contributed by atoms with E-state index in [1.54, 1.807) is 36.4 Å². The molecule has 0 radical (unpaired) electrons. The number of carbonyl (C=O) groups is 2. The molecular formula is C49H64BF4N2O6Zn+. The van der Waals surface area contributed by atoms with E-state index in [9.17, 15) is 37.1 Å². The Balaban J connectivity index is 0.000000563. The second kappa shape index (κ2) is 32.8. The molecule has 0 fully saturated rings. The molecule has 63 heavy (non-hydrogen) atoms. The minimum absolute atomic E-state index is 0. The molecule has 0 aliphatic heterocycles. The van der Waals surface area contributed by atoms with Crippen molar-refractivity contribution in [3.8, 4) is 34.4 Å². The van der Waals surface area contributed by atoms with Gasteiger partial charge in [0.15, 0.2) is 34.6 Å². The van der Waals surface area contributed by atoms with Crippen LogP contribution in [0.15, 0.2) is 85.2 Å². The number of benzene rings is 2. The molecule has 4 rings (SSSR count). The molecule has 0 spiro atoms. The van der Waals surface area contributed by atoms with Crippen LogP contribution in [0, 0.1) is 0 Å². The van der Waals surface area contributed by atoms with Gasteiger partial charge in [-0.1, -0.05) is 115 Å². The molecule has 0 atom stereocenters. The van der Waals surface area contributed by atoms with Crippen molar-refractivity contribution in [3.05, 3.63) is 107 Å². The van der Waals surface area contributed by atoms with Gasteiger partial charge in [0.25, 0.3) is 0 Å². The Morgan fingerprint density at radius 3 is 1.27 bits per heavy atom. The number of aromatic hydroxyl groups is 2. The Bertz CT molecular complexity index is 1840. The Morgan fingerprint density at radius 2 is 0.921 bits per heavy atom. The average Bonchev–Trinajstić information content (AvgIpc) is 3.25. The van der Waals surface area contributed by atoms with Crippen molar-refractivity contribution >= 4 is 31.0 Å². The van der Waals surface area contributed by atoms with Crippen LogP contribution in [-0.2, 0) is 41.9 Å². The molecule has 0 aliphatic rings. The molecule has 338 valence electrons. The molecule has 0 bridgehead atoms. The maximum absolute atomic E-state index is 11.9. The van der Waals surface area contributed by atoms with Gasteiger partial charge in [-0.25, -0.2) is 0 Å². The molecule has 0 unspecified atom stereocenters. The van der Waals surface area contributed by atoms with Crippen molar-refractivity contribution in [3.63, 3.8) is 0 Å². The summed E-state index contributed by atoms with van der Waals surface area (Å²) in [5.41, 5.74) is 6.17. The summed E-state index contributed by atoms with van der Waals surface area (Å²) in [6, 6.07) is 18.2. The van der Waals surface area contributed by atoms with Crippen LogP contribution in [0.3, 0.4) is 0 Å². The number of nitrogens with zero attached hydrogens (tertiary/aromatic N) is 2. The van der Waals surface area contributed by atoms with Crippen molar-refractivity contribution in [1.82, 2.24) is 9.97 Å². The minimum Gasteiger partial charge on any atom is -0.504 e. The van der Waals surface area contributed by atoms with Crippen LogP contribution in [0.2, 0.25) is 0 Å². The summed E-state index contributed by atoms with van der Waals surface area (Å²) in [7, 11) is -3.13. The first-order valence-corrected chi connectivity index (χ1v) is 21.7. The number of methoxy groups -OCH3 is 2. The number of phenolic OH excluding ortho intramolecular Hbond substituents is 2. The summed E-state index contributed by atoms with van der Waals surface area (Å²) in [4.78, 5) is 33.1. The van der Waals surface area contributed by atoms with E-state index in [-0.39, 0.29) is 49.0 Å². The molecule has 2 aromatic carbocycles. The molecule has 2 N–H and O–H groups in total. The van der Waals surface area contributed by atoms with E-state index in [2.05, 4.69) is 48.1 Å². The summed E-state index contributed by atoms with van der Waals surface area (Å²) in [5.74, 6) is -0.0832. The van der Waals surface area contributed by atoms with E-state index in [4.69, 9.17) is 9.47 Å². The number of hydrogen-bond acceptors (Lipinski definition) is 8. The molecule has 14 heteroatoms. The number of phenols is 2. The standard InChI is InChI=1S/C28H44N2.C21H20O6.BF4.Zn/c1-3-5-7-9-11-13-15-17-25-19-21-29-27(23-25)28-24-26(20-22-30-28)18-16-14-12-10-8-6-4-2;1-26-20-11-14(5-9-18(20)24)3-7-16(22)13-17(23)8-4-15-6-10-19(25)21(12-15)27-2;2-1(3,4)5;/h19-24H,3-18H2,1-2H3;3-12,24-25H,13H2,1-2H3;;/q;;-1;+2/b;7-3+,8-4+;;. The molecule has 0 amide bonds. The minimum atomic E-state index is -6.00. The van der Waals surface area contributed by atoms with E-state index < -0.39 is 7.25 Å². The first-order valence-electron chi connectivity index (χ1n) is 21.7. The smallest absolute Gasteiger partial charge is 0.504 e. The zero-order valence-corrected chi connectivity index (χ0v) is 40.4. The molecule has 0 aliphatic carbocycles. The molecule has 8 nitrogen and oxygen atoms in total. The zero-order valence-electron chi connectivity index (χ0n) is 37.5. The van der Waals surface area contributed by atoms with Gasteiger partial charge in [-0.15, -0.1) is 0 Å². The fourth-order valence-corrected chi connectivity index (χ4v) is 6.38. The normalized spacial score (nSPS) is 11.0. The van der Waals surface area contributed by atoms with Gasteiger partial charge in [-0.05, 0) is 109 Å². The fraction of sp³-hybridized carbons (Fsp3) is 0.429. The molecular weight excluding hydrogens is 865 g/mol. The van der Waals surface area contributed by atoms with E-state index >= 15 is 0 Å². The summed E-state index contributed by atoms with van der Waals surface area (Å²) >= 11 is 0. The van der Waals surface area contributed by atoms with Crippen molar-refractivity contribution in [1.29, 1.82) is 0 Å². The van der Waals surface area contributed by atoms with Crippen LogP contribution in [0.4, 0.5) is 17.3 Å². The number of aryl methyl sites for hydroxylation is 2. The van der Waals surface area contributed by atoms with Crippen LogP contribution in [0.25, 0.3) is 23.5 Å². The Morgan fingerprint density at radius 1 is 0.571 bits per heavy atom. The van der Waals surface area contributed by atoms with Crippen LogP contribution < -0.4 is 9.47 Å². The number of pyridine rings is 2. The third kappa shape index (κ3) is 26.4. The van der Waals surface area contributed by atoms with E-state index in [1.165, 1.54) is 140 Å². The van der Waals surface area contributed by atoms with Crippen molar-refractivity contribution in [2.45, 2.75) is 123 Å². The van der Waals surface area contributed by atoms with Crippen molar-refractivity contribution in [2.24, 2.45) is 0 Å². The SMILES string of the molecule is CCCCCCCCCc1ccnc(-c2cc(CCCCCCCCC)ccn2)c1.COc1cc(/C=C/C(=O)CC(=O)/C=C/c2ccc(O)c(OC)c2)ccc1O.F[B-](F)(F)F.[Zn+2]. The maximum atomic E-state index is 11.9. The number of allylic oxidation sites excluding steroid dienone is 2. The summed E-state index contributed by atoms with van der Waals surface area (Å²) in [6.45, 7) is 4.56. The van der Waals surface area contributed by atoms with E-state index in [1.807, 2.05) is 12.4 Å². The van der Waals surface area contributed by atoms with Crippen LogP contribution in [-0.4, -0.2) is 53.2 Å². The molecule has 0 saturated heterocycles. The first-order chi connectivity index (χ1) is 29.8. The number of rotatable bonds is 25. The third-order valence-corrected chi connectivity index (χ3v) is 9.73. The van der Waals surface area contributed by atoms with Crippen LogP contribution in [0.5, 0.6) is 23.0 Å². The van der Waals surface area contributed by atoms with Gasteiger partial charge in [-0.3, -0.25) is 19.6 Å². The Kier molecular flexibility index (Phi) is 29.2. The predicted molar refractivity (Wildman–Crippen MR) is 243 cm³/mol. The third-order valence-electron chi connectivity index (χ3n) is 9.73. The predicted octanol–water partition coefficient (Wildman–Crippen LogP) is 13.4. The maximum Gasteiger partial charge on any atom is 2.00 e. The van der Waals surface area contributed by atoms with Crippen molar-refractivity contribution in [2.75, 3.05) is 14.2 Å². The second-order valence-corrected chi connectivity index (χ2v) is 15.0. The number of hydrogen-bond donors (Lipinski definition) is 2. The van der Waals surface area contributed by atoms with Gasteiger partial charge < -0.3 is 36.9 Å². The van der Waals surface area contributed by atoms with Gasteiger partial charge in [0.05, 0.1) is 32.0 Å². The average molecular weight is 929 g/mol. The summed E-state index contributed by atoms with van der Waals surface area (Å²) in [6.07, 6.45) is 30.7. The number of aromatic nitrogens is 2. The Hall–Kier alpha value is -4.83. The topological polar surface area (TPSA) is 119 Å². The number of halogens is 4. The van der Waals surface area contributed by atoms with E-state index in [0.29, 0.717) is 22.6 Å². The summed E-state index contributed by atoms with van der Waals surface area (Å²) < 4.78 is 49.0. The molecule has 2 heterocycles. The fourth-order valence-electron chi connectivity index (χ4n) is 6.38. The Labute approximate surface area is 384 Å². The van der Waals surface area contributed by atoms with Crippen LogP contribution in [0.1, 0.15) is 132 Å². The van der Waals surface area contributed by atoms with Gasteiger partial charge in [0, 0.05) is 12.4 Å². The number of carbonyl (C=O) groups excluding carboxylic acids is 2. The second-order valence-electron chi connectivity index (χ2n) is 15.0. The largest absolute Gasteiger partial charge is 2.00 e. The van der Waals surface area contributed by atoms with Gasteiger partial charge in [-0.2, -0.15) is 0 Å². The van der Waals surface area contributed by atoms with E-state index in [0.717, 1.165) is 24.2 Å². The van der Waals surface area contributed by atoms with Crippen LogP contribution >= 0.6 is 0 Å². The summed E-state index contributed by atoms with van der Waals surface area (Å²) in [5, 5.41) is 19.1. The molecule has 2 aromatic heterocycles. The molecule has 4 aromatic rings.